The zero-order valence-electron chi connectivity index (χ0n) is 6.92. The van der Waals surface area contributed by atoms with Crippen molar-refractivity contribution in [2.24, 2.45) is 0 Å². The van der Waals surface area contributed by atoms with Crippen LogP contribution in [-0.2, 0) is 0 Å². The fraction of sp³-hybridized carbons (Fsp3) is 0.222. The topological polar surface area (TPSA) is 33.0 Å². The van der Waals surface area contributed by atoms with E-state index >= 15 is 0 Å². The molecule has 2 nitrogen and oxygen atoms in total. The Bertz CT molecular complexity index is 348. The lowest BCUT2D eigenvalue weighted by atomic mass is 10.3. The fourth-order valence-corrected chi connectivity index (χ4v) is 1.29. The van der Waals surface area contributed by atoms with E-state index in [0.29, 0.717) is 10.8 Å². The highest BCUT2D eigenvalue weighted by Crippen LogP contribution is 2.28. The molecule has 0 radical (unpaired) electrons. The maximum absolute atomic E-state index is 8.53. The van der Waals surface area contributed by atoms with Gasteiger partial charge in [0.2, 0.25) is 0 Å². The number of benzene rings is 1. The number of hydrogen-bond donors (Lipinski definition) is 0. The molecular formula is C9H7BrClNO. The van der Waals surface area contributed by atoms with Crippen LogP contribution in [-0.4, -0.2) is 6.10 Å². The first-order chi connectivity index (χ1) is 6.13. The molecule has 0 aromatic heterocycles. The van der Waals surface area contributed by atoms with Crippen molar-refractivity contribution >= 4 is 27.5 Å². The molecule has 68 valence electrons. The van der Waals surface area contributed by atoms with Gasteiger partial charge in [0, 0.05) is 4.47 Å². The quantitative estimate of drug-likeness (QED) is 0.816. The molecule has 0 heterocycles. The van der Waals surface area contributed by atoms with E-state index in [1.54, 1.807) is 19.1 Å². The maximum Gasteiger partial charge on any atom is 0.181 e. The van der Waals surface area contributed by atoms with Gasteiger partial charge in [-0.3, -0.25) is 0 Å². The molecule has 1 aromatic rings. The number of nitriles is 1. The van der Waals surface area contributed by atoms with Crippen molar-refractivity contribution in [1.29, 1.82) is 5.26 Å². The Kier molecular flexibility index (Phi) is 3.58. The van der Waals surface area contributed by atoms with Gasteiger partial charge < -0.3 is 4.74 Å². The SMILES string of the molecule is CC(C#N)Oc1cc(Br)ccc1Cl. The zero-order valence-corrected chi connectivity index (χ0v) is 9.26. The van der Waals surface area contributed by atoms with Crippen LogP contribution in [0.1, 0.15) is 6.92 Å². The lowest BCUT2D eigenvalue weighted by Gasteiger charge is -2.09. The predicted molar refractivity (Wildman–Crippen MR) is 54.9 cm³/mol. The van der Waals surface area contributed by atoms with E-state index < -0.39 is 6.10 Å². The van der Waals surface area contributed by atoms with Crippen LogP contribution in [0.15, 0.2) is 22.7 Å². The van der Waals surface area contributed by atoms with Gasteiger partial charge in [0.1, 0.15) is 11.8 Å². The average Bonchev–Trinajstić information content (AvgIpc) is 2.11. The van der Waals surface area contributed by atoms with E-state index in [2.05, 4.69) is 15.9 Å². The fourth-order valence-electron chi connectivity index (χ4n) is 0.784. The minimum atomic E-state index is -0.494. The molecule has 0 saturated heterocycles. The van der Waals surface area contributed by atoms with E-state index in [-0.39, 0.29) is 0 Å². The first-order valence-electron chi connectivity index (χ1n) is 3.65. The van der Waals surface area contributed by atoms with Gasteiger partial charge in [-0.25, -0.2) is 0 Å². The molecule has 13 heavy (non-hydrogen) atoms. The normalized spacial score (nSPS) is 11.8. The van der Waals surface area contributed by atoms with Gasteiger partial charge >= 0.3 is 0 Å². The van der Waals surface area contributed by atoms with Crippen LogP contribution in [0.4, 0.5) is 0 Å². The summed E-state index contributed by atoms with van der Waals surface area (Å²) in [5, 5.41) is 9.03. The third-order valence-electron chi connectivity index (χ3n) is 1.38. The third kappa shape index (κ3) is 2.91. The van der Waals surface area contributed by atoms with E-state index in [0.717, 1.165) is 4.47 Å². The second-order valence-corrected chi connectivity index (χ2v) is 3.79. The molecular weight excluding hydrogens is 253 g/mol. The second-order valence-electron chi connectivity index (χ2n) is 2.46. The molecule has 0 saturated carbocycles. The highest BCUT2D eigenvalue weighted by Gasteiger charge is 2.06. The summed E-state index contributed by atoms with van der Waals surface area (Å²) < 4.78 is 6.12. The minimum absolute atomic E-state index is 0.494. The number of rotatable bonds is 2. The van der Waals surface area contributed by atoms with E-state index in [1.807, 2.05) is 12.1 Å². The summed E-state index contributed by atoms with van der Waals surface area (Å²) in [6.45, 7) is 1.66. The van der Waals surface area contributed by atoms with Crippen LogP contribution in [0.5, 0.6) is 5.75 Å². The molecule has 1 atom stereocenters. The Morgan fingerprint density at radius 2 is 2.31 bits per heavy atom. The third-order valence-corrected chi connectivity index (χ3v) is 2.18. The number of hydrogen-bond acceptors (Lipinski definition) is 2. The van der Waals surface area contributed by atoms with Crippen LogP contribution >= 0.6 is 27.5 Å². The van der Waals surface area contributed by atoms with Gasteiger partial charge in [-0.05, 0) is 25.1 Å². The van der Waals surface area contributed by atoms with Gasteiger partial charge in [-0.2, -0.15) is 5.26 Å². The Morgan fingerprint density at radius 1 is 1.62 bits per heavy atom. The molecule has 0 N–H and O–H groups in total. The Balaban J connectivity index is 2.88. The molecule has 0 fully saturated rings. The van der Waals surface area contributed by atoms with Crippen LogP contribution < -0.4 is 4.74 Å². The maximum atomic E-state index is 8.53. The molecule has 0 aliphatic heterocycles. The van der Waals surface area contributed by atoms with E-state index in [1.165, 1.54) is 0 Å². The molecule has 1 aromatic carbocycles. The van der Waals surface area contributed by atoms with Crippen molar-refractivity contribution in [3.63, 3.8) is 0 Å². The summed E-state index contributed by atoms with van der Waals surface area (Å²) in [4.78, 5) is 0. The van der Waals surface area contributed by atoms with Crippen LogP contribution in [0, 0.1) is 11.3 Å². The summed E-state index contributed by atoms with van der Waals surface area (Å²) in [5.74, 6) is 0.519. The standard InChI is InChI=1S/C9H7BrClNO/c1-6(5-12)13-9-4-7(10)2-3-8(9)11/h2-4,6H,1H3. The number of ether oxygens (including phenoxy) is 1. The molecule has 0 aliphatic rings. The second kappa shape index (κ2) is 4.50. The van der Waals surface area contributed by atoms with Gasteiger partial charge in [0.15, 0.2) is 6.10 Å². The monoisotopic (exact) mass is 259 g/mol. The number of nitrogens with zero attached hydrogens (tertiary/aromatic N) is 1. The van der Waals surface area contributed by atoms with Crippen molar-refractivity contribution in [3.05, 3.63) is 27.7 Å². The minimum Gasteiger partial charge on any atom is -0.474 e. The molecule has 0 aliphatic carbocycles. The van der Waals surface area contributed by atoms with Crippen molar-refractivity contribution in [2.45, 2.75) is 13.0 Å². The van der Waals surface area contributed by atoms with Crippen LogP contribution in [0.3, 0.4) is 0 Å². The summed E-state index contributed by atoms with van der Waals surface area (Å²) >= 11 is 9.13. The average molecular weight is 261 g/mol. The van der Waals surface area contributed by atoms with E-state index in [9.17, 15) is 0 Å². The molecule has 0 bridgehead atoms. The molecule has 1 unspecified atom stereocenters. The van der Waals surface area contributed by atoms with Gasteiger partial charge in [0.05, 0.1) is 5.02 Å². The largest absolute Gasteiger partial charge is 0.474 e. The summed E-state index contributed by atoms with van der Waals surface area (Å²) in [6, 6.07) is 7.22. The Morgan fingerprint density at radius 3 is 2.92 bits per heavy atom. The smallest absolute Gasteiger partial charge is 0.181 e. The van der Waals surface area contributed by atoms with Crippen molar-refractivity contribution < 1.29 is 4.74 Å². The molecule has 1 rings (SSSR count). The highest BCUT2D eigenvalue weighted by molar-refractivity contribution is 9.10. The van der Waals surface area contributed by atoms with Crippen molar-refractivity contribution in [2.75, 3.05) is 0 Å². The lowest BCUT2D eigenvalue weighted by molar-refractivity contribution is 0.276. The van der Waals surface area contributed by atoms with Crippen molar-refractivity contribution in [3.8, 4) is 11.8 Å². The summed E-state index contributed by atoms with van der Waals surface area (Å²) in [5.41, 5.74) is 0. The predicted octanol–water partition coefficient (Wildman–Crippen LogP) is 3.39. The first kappa shape index (κ1) is 10.4. The van der Waals surface area contributed by atoms with E-state index in [4.69, 9.17) is 21.6 Å². The zero-order chi connectivity index (χ0) is 9.84. The Hall–Kier alpha value is -0.720. The number of halogens is 2. The Labute approximate surface area is 90.2 Å². The van der Waals surface area contributed by atoms with Crippen LogP contribution in [0.25, 0.3) is 0 Å². The highest BCUT2D eigenvalue weighted by atomic mass is 79.9. The summed E-state index contributed by atoms with van der Waals surface area (Å²) in [6.07, 6.45) is -0.494. The molecule has 0 spiro atoms. The van der Waals surface area contributed by atoms with Gasteiger partial charge in [0.25, 0.3) is 0 Å². The van der Waals surface area contributed by atoms with Crippen molar-refractivity contribution in [1.82, 2.24) is 0 Å². The lowest BCUT2D eigenvalue weighted by Crippen LogP contribution is -2.08. The van der Waals surface area contributed by atoms with Gasteiger partial charge in [-0.1, -0.05) is 27.5 Å². The molecule has 4 heteroatoms. The first-order valence-corrected chi connectivity index (χ1v) is 4.82. The van der Waals surface area contributed by atoms with Crippen LogP contribution in [0.2, 0.25) is 5.02 Å². The van der Waals surface area contributed by atoms with Gasteiger partial charge in [-0.15, -0.1) is 0 Å². The molecule has 0 amide bonds. The summed E-state index contributed by atoms with van der Waals surface area (Å²) in [7, 11) is 0.